The highest BCUT2D eigenvalue weighted by molar-refractivity contribution is 9.09. The first-order valence-corrected chi connectivity index (χ1v) is 14.9. The van der Waals surface area contributed by atoms with Gasteiger partial charge in [-0.2, -0.15) is 0 Å². The highest BCUT2D eigenvalue weighted by atomic mass is 79.9. The van der Waals surface area contributed by atoms with E-state index >= 15 is 0 Å². The van der Waals surface area contributed by atoms with E-state index in [2.05, 4.69) is 29.1 Å². The summed E-state index contributed by atoms with van der Waals surface area (Å²) in [6.45, 7) is 9.92. The number of amides is 3. The van der Waals surface area contributed by atoms with Crippen LogP contribution in [-0.4, -0.2) is 80.9 Å². The second-order valence-corrected chi connectivity index (χ2v) is 12.2. The molecule has 5 rings (SSSR count). The van der Waals surface area contributed by atoms with Crippen molar-refractivity contribution in [3.05, 3.63) is 91.5 Å². The third-order valence-corrected chi connectivity index (χ3v) is 9.35. The molecule has 41 heavy (non-hydrogen) atoms. The lowest BCUT2D eigenvalue weighted by atomic mass is 9.70. The molecule has 0 aliphatic carbocycles. The topological polar surface area (TPSA) is 90.4 Å². The maximum absolute atomic E-state index is 14.5. The summed E-state index contributed by atoms with van der Waals surface area (Å²) in [6, 6.07) is 17.2. The minimum absolute atomic E-state index is 0.233. The van der Waals surface area contributed by atoms with E-state index in [4.69, 9.17) is 4.74 Å². The number of fused-ring (bicyclic) bond motifs is 1. The lowest BCUT2D eigenvalue weighted by Crippen LogP contribution is -2.58. The normalized spacial score (nSPS) is 28.7. The first kappa shape index (κ1) is 29.2. The Balaban J connectivity index is 1.56. The summed E-state index contributed by atoms with van der Waals surface area (Å²) in [4.78, 5) is 47.6. The molecular formula is C32H36BrN3O5. The number of alkyl halides is 1. The standard InChI is InChI=1S/C32H36BrN3O5/c1-4-16-34(19-22-12-8-6-9-13-22)31(40)28-32-18-24(33)27(41-32)25(26(32)30(39)36(28)21(3)20-37)29(38)35(17-5-2)23-14-10-7-11-15-23/h4-15,21,24-28,37H,1-2,16-20H2,3H3/t21-,24?,25-,26+,27-,28?,32?/m1/s1. The predicted molar refractivity (Wildman–Crippen MR) is 160 cm³/mol. The Hall–Kier alpha value is -3.27. The molecule has 0 radical (unpaired) electrons. The molecule has 9 heteroatoms. The monoisotopic (exact) mass is 621 g/mol. The molecule has 7 atom stereocenters. The second-order valence-electron chi connectivity index (χ2n) is 11.0. The van der Waals surface area contributed by atoms with Crippen LogP contribution >= 0.6 is 15.9 Å². The van der Waals surface area contributed by atoms with Crippen molar-refractivity contribution >= 4 is 39.3 Å². The smallest absolute Gasteiger partial charge is 0.249 e. The van der Waals surface area contributed by atoms with Gasteiger partial charge in [-0.1, -0.05) is 76.6 Å². The lowest BCUT2D eigenvalue weighted by molar-refractivity contribution is -0.150. The zero-order chi connectivity index (χ0) is 29.3. The average molecular weight is 623 g/mol. The fourth-order valence-corrected chi connectivity index (χ4v) is 7.74. The Labute approximate surface area is 249 Å². The number of anilines is 1. The highest BCUT2D eigenvalue weighted by Gasteiger charge is 2.77. The predicted octanol–water partition coefficient (Wildman–Crippen LogP) is 3.55. The highest BCUT2D eigenvalue weighted by Crippen LogP contribution is 2.61. The molecule has 2 aromatic rings. The van der Waals surface area contributed by atoms with E-state index in [1.54, 1.807) is 28.9 Å². The number of benzene rings is 2. The number of likely N-dealkylation sites (tertiary alicyclic amines) is 1. The van der Waals surface area contributed by atoms with Gasteiger partial charge in [-0.15, -0.1) is 13.2 Å². The van der Waals surface area contributed by atoms with Crippen LogP contribution in [0.4, 0.5) is 5.69 Å². The summed E-state index contributed by atoms with van der Waals surface area (Å²) in [5, 5.41) is 10.2. The van der Waals surface area contributed by atoms with Crippen LogP contribution in [0.25, 0.3) is 0 Å². The number of hydrogen-bond acceptors (Lipinski definition) is 5. The Morgan fingerprint density at radius 2 is 1.73 bits per heavy atom. The van der Waals surface area contributed by atoms with Crippen molar-refractivity contribution in [1.82, 2.24) is 9.80 Å². The van der Waals surface area contributed by atoms with Crippen LogP contribution in [0, 0.1) is 11.8 Å². The third kappa shape index (κ3) is 4.94. The second kappa shape index (κ2) is 11.9. The zero-order valence-corrected chi connectivity index (χ0v) is 24.7. The summed E-state index contributed by atoms with van der Waals surface area (Å²) >= 11 is 3.74. The van der Waals surface area contributed by atoms with Crippen molar-refractivity contribution in [1.29, 1.82) is 0 Å². The third-order valence-electron chi connectivity index (χ3n) is 8.51. The van der Waals surface area contributed by atoms with Gasteiger partial charge in [0, 0.05) is 30.1 Å². The quantitative estimate of drug-likeness (QED) is 0.306. The molecule has 0 aromatic heterocycles. The Morgan fingerprint density at radius 3 is 2.34 bits per heavy atom. The molecule has 8 nitrogen and oxygen atoms in total. The van der Waals surface area contributed by atoms with E-state index in [0.717, 1.165) is 5.56 Å². The largest absolute Gasteiger partial charge is 0.394 e. The van der Waals surface area contributed by atoms with Crippen LogP contribution in [-0.2, 0) is 25.7 Å². The number of aliphatic hydroxyl groups is 1. The molecule has 0 saturated carbocycles. The van der Waals surface area contributed by atoms with E-state index in [9.17, 15) is 19.5 Å². The van der Waals surface area contributed by atoms with Gasteiger partial charge in [0.05, 0.1) is 30.6 Å². The van der Waals surface area contributed by atoms with Gasteiger partial charge < -0.3 is 24.5 Å². The number of ether oxygens (including phenoxy) is 1. The van der Waals surface area contributed by atoms with Gasteiger partial charge in [0.1, 0.15) is 11.6 Å². The van der Waals surface area contributed by atoms with Gasteiger partial charge >= 0.3 is 0 Å². The van der Waals surface area contributed by atoms with Crippen molar-refractivity contribution in [3.63, 3.8) is 0 Å². The molecule has 3 amide bonds. The fraction of sp³-hybridized carbons (Fsp3) is 0.406. The van der Waals surface area contributed by atoms with Crippen LogP contribution in [0.1, 0.15) is 18.9 Å². The number of halogens is 1. The number of rotatable bonds is 11. The molecular weight excluding hydrogens is 586 g/mol. The number of carbonyl (C=O) groups excluding carboxylic acids is 3. The van der Waals surface area contributed by atoms with E-state index in [1.165, 1.54) is 4.90 Å². The molecule has 216 valence electrons. The van der Waals surface area contributed by atoms with Gasteiger partial charge in [0.2, 0.25) is 17.7 Å². The minimum Gasteiger partial charge on any atom is -0.394 e. The van der Waals surface area contributed by atoms with Gasteiger partial charge in [-0.05, 0) is 31.0 Å². The lowest BCUT2D eigenvalue weighted by Gasteiger charge is -2.38. The fourth-order valence-electron chi connectivity index (χ4n) is 6.80. The summed E-state index contributed by atoms with van der Waals surface area (Å²) in [5.41, 5.74) is 0.413. The maximum atomic E-state index is 14.5. The van der Waals surface area contributed by atoms with Gasteiger partial charge in [-0.25, -0.2) is 0 Å². The molecule has 3 aliphatic heterocycles. The molecule has 2 bridgehead atoms. The molecule has 2 aromatic carbocycles. The Morgan fingerprint density at radius 1 is 1.10 bits per heavy atom. The summed E-state index contributed by atoms with van der Waals surface area (Å²) in [7, 11) is 0. The van der Waals surface area contributed by atoms with Crippen LogP contribution in [0.5, 0.6) is 0 Å². The van der Waals surface area contributed by atoms with Gasteiger partial charge in [0.25, 0.3) is 0 Å². The summed E-state index contributed by atoms with van der Waals surface area (Å²) in [6.07, 6.45) is 3.12. The molecule has 3 aliphatic rings. The minimum atomic E-state index is -1.22. The molecule has 3 unspecified atom stereocenters. The van der Waals surface area contributed by atoms with E-state index < -0.39 is 35.6 Å². The first-order chi connectivity index (χ1) is 19.8. The van der Waals surface area contributed by atoms with Crippen molar-refractivity contribution < 1.29 is 24.2 Å². The maximum Gasteiger partial charge on any atom is 0.249 e. The summed E-state index contributed by atoms with van der Waals surface area (Å²) in [5.74, 6) is -2.55. The number of hydrogen-bond donors (Lipinski definition) is 1. The molecule has 3 saturated heterocycles. The van der Waals surface area contributed by atoms with Gasteiger partial charge in [-0.3, -0.25) is 14.4 Å². The number of carbonyl (C=O) groups is 3. The van der Waals surface area contributed by atoms with E-state index in [0.29, 0.717) is 18.7 Å². The van der Waals surface area contributed by atoms with Crippen LogP contribution in [0.3, 0.4) is 0 Å². The van der Waals surface area contributed by atoms with Crippen molar-refractivity contribution in [2.75, 3.05) is 24.6 Å². The van der Waals surface area contributed by atoms with Crippen molar-refractivity contribution in [2.45, 2.75) is 48.5 Å². The van der Waals surface area contributed by atoms with Crippen molar-refractivity contribution in [3.8, 4) is 0 Å². The molecule has 1 spiro atoms. The SMILES string of the molecule is C=CCN(Cc1ccccc1)C(=O)C1N([C@H](C)CO)C(=O)[C@@H]2[C@@H](C(=O)N(CC=C)c3ccccc3)[C@@H]3OC12CC3Br. The Kier molecular flexibility index (Phi) is 8.50. The van der Waals surface area contributed by atoms with E-state index in [1.807, 2.05) is 60.7 Å². The molecule has 3 heterocycles. The van der Waals surface area contributed by atoms with E-state index in [-0.39, 0.29) is 42.2 Å². The average Bonchev–Trinajstić information content (AvgIpc) is 3.58. The van der Waals surface area contributed by atoms with Crippen LogP contribution in [0.2, 0.25) is 0 Å². The first-order valence-electron chi connectivity index (χ1n) is 13.9. The number of nitrogens with zero attached hydrogens (tertiary/aromatic N) is 3. The van der Waals surface area contributed by atoms with Crippen LogP contribution in [0.15, 0.2) is 86.0 Å². The van der Waals surface area contributed by atoms with Gasteiger partial charge in [0.15, 0.2) is 0 Å². The number of para-hydroxylation sites is 1. The van der Waals surface area contributed by atoms with Crippen molar-refractivity contribution in [2.24, 2.45) is 11.8 Å². The summed E-state index contributed by atoms with van der Waals surface area (Å²) < 4.78 is 6.66. The molecule has 1 N–H and O–H groups in total. The zero-order valence-electron chi connectivity index (χ0n) is 23.1. The van der Waals surface area contributed by atoms with Crippen LogP contribution < -0.4 is 4.90 Å². The number of aliphatic hydroxyl groups excluding tert-OH is 1. The molecule has 3 fully saturated rings. The Bertz CT molecular complexity index is 1310.